The first-order valence-corrected chi connectivity index (χ1v) is 11.3. The fourth-order valence-electron chi connectivity index (χ4n) is 4.37. The first kappa shape index (κ1) is 22.2. The number of nitrogens with zero attached hydrogens (tertiary/aromatic N) is 1. The summed E-state index contributed by atoms with van der Waals surface area (Å²) in [5, 5.41) is 6.14. The van der Waals surface area contributed by atoms with Gasteiger partial charge in [-0.1, -0.05) is 13.0 Å². The second-order valence-electron chi connectivity index (χ2n) is 8.69. The maximum absolute atomic E-state index is 14.4. The van der Waals surface area contributed by atoms with Crippen LogP contribution in [-0.4, -0.2) is 49.4 Å². The number of rotatable bonds is 8. The number of ether oxygens (including phenoxy) is 3. The average Bonchev–Trinajstić information content (AvgIpc) is 3.18. The highest BCUT2D eigenvalue weighted by Crippen LogP contribution is 2.42. The van der Waals surface area contributed by atoms with Crippen molar-refractivity contribution in [1.29, 1.82) is 0 Å². The molecule has 0 bridgehead atoms. The van der Waals surface area contributed by atoms with Crippen LogP contribution >= 0.6 is 0 Å². The van der Waals surface area contributed by atoms with Crippen molar-refractivity contribution in [2.24, 2.45) is 5.41 Å². The number of carbonyl (C=O) groups is 1. The number of nitrogens with one attached hydrogen (secondary N) is 3. The molecule has 3 aromatic rings. The van der Waals surface area contributed by atoms with Gasteiger partial charge in [0.2, 0.25) is 0 Å². The molecule has 2 aliphatic heterocycles. The molecular weight excluding hydrogens is 439 g/mol. The lowest BCUT2D eigenvalue weighted by Gasteiger charge is -2.40. The van der Waals surface area contributed by atoms with Crippen LogP contribution in [0.1, 0.15) is 29.4 Å². The van der Waals surface area contributed by atoms with Gasteiger partial charge in [-0.05, 0) is 24.6 Å². The van der Waals surface area contributed by atoms with Crippen molar-refractivity contribution in [1.82, 2.24) is 15.3 Å². The molecule has 178 valence electrons. The van der Waals surface area contributed by atoms with Crippen LogP contribution < -0.4 is 20.1 Å². The SMILES string of the molecule is CCC1(COc2cnccc2-c2[nH]c3c(c2Nc2cccc(F)c2OC)C(=O)NCC3)COC1. The number of benzene rings is 1. The van der Waals surface area contributed by atoms with Crippen molar-refractivity contribution in [3.8, 4) is 22.8 Å². The van der Waals surface area contributed by atoms with Gasteiger partial charge >= 0.3 is 0 Å². The quantitative estimate of drug-likeness (QED) is 0.463. The molecule has 9 heteroatoms. The highest BCUT2D eigenvalue weighted by atomic mass is 19.1. The second-order valence-corrected chi connectivity index (χ2v) is 8.69. The third kappa shape index (κ3) is 3.86. The number of H-pyrrole nitrogens is 1. The Morgan fingerprint density at radius 1 is 1.29 bits per heavy atom. The van der Waals surface area contributed by atoms with Gasteiger partial charge in [0.25, 0.3) is 5.91 Å². The fourth-order valence-corrected chi connectivity index (χ4v) is 4.37. The zero-order valence-electron chi connectivity index (χ0n) is 19.2. The Morgan fingerprint density at radius 3 is 2.88 bits per heavy atom. The van der Waals surface area contributed by atoms with Crippen LogP contribution in [0.15, 0.2) is 36.7 Å². The zero-order valence-corrected chi connectivity index (χ0v) is 19.2. The summed E-state index contributed by atoms with van der Waals surface area (Å²) in [6, 6.07) is 6.46. The van der Waals surface area contributed by atoms with Crippen molar-refractivity contribution in [3.05, 3.63) is 53.7 Å². The molecule has 0 radical (unpaired) electrons. The van der Waals surface area contributed by atoms with Crippen molar-refractivity contribution < 1.29 is 23.4 Å². The summed E-state index contributed by atoms with van der Waals surface area (Å²) in [5.41, 5.74) is 3.66. The number of hydrogen-bond acceptors (Lipinski definition) is 6. The Morgan fingerprint density at radius 2 is 2.15 bits per heavy atom. The Hall–Kier alpha value is -3.59. The van der Waals surface area contributed by atoms with Crippen molar-refractivity contribution >= 4 is 17.3 Å². The van der Waals surface area contributed by atoms with Crippen LogP contribution in [0.5, 0.6) is 11.5 Å². The molecule has 5 rings (SSSR count). The maximum Gasteiger partial charge on any atom is 0.255 e. The van der Waals surface area contributed by atoms with Crippen LogP contribution in [-0.2, 0) is 11.2 Å². The van der Waals surface area contributed by atoms with Crippen LogP contribution in [0.2, 0.25) is 0 Å². The summed E-state index contributed by atoms with van der Waals surface area (Å²) in [6.45, 7) is 4.50. The first-order valence-electron chi connectivity index (χ1n) is 11.3. The molecule has 3 N–H and O–H groups in total. The summed E-state index contributed by atoms with van der Waals surface area (Å²) >= 11 is 0. The summed E-state index contributed by atoms with van der Waals surface area (Å²) < 4.78 is 31.3. The van der Waals surface area contributed by atoms with E-state index in [0.29, 0.717) is 61.2 Å². The molecule has 1 amide bonds. The van der Waals surface area contributed by atoms with E-state index in [0.717, 1.165) is 17.7 Å². The number of halogens is 1. The van der Waals surface area contributed by atoms with Gasteiger partial charge < -0.3 is 29.8 Å². The van der Waals surface area contributed by atoms with E-state index in [-0.39, 0.29) is 17.1 Å². The van der Waals surface area contributed by atoms with Gasteiger partial charge in [0, 0.05) is 30.4 Å². The number of methoxy groups -OCH3 is 1. The number of aromatic nitrogens is 2. The Kier molecular flexibility index (Phi) is 5.87. The Bertz CT molecular complexity index is 1220. The van der Waals surface area contributed by atoms with Crippen LogP contribution in [0.4, 0.5) is 15.8 Å². The highest BCUT2D eigenvalue weighted by molar-refractivity contribution is 6.06. The normalized spacial score (nSPS) is 16.3. The lowest BCUT2D eigenvalue weighted by Crippen LogP contribution is -2.46. The second kappa shape index (κ2) is 8.98. The fraction of sp³-hybridized carbons (Fsp3) is 0.360. The molecule has 0 atom stereocenters. The summed E-state index contributed by atoms with van der Waals surface area (Å²) in [5.74, 6) is -0.0331. The smallest absolute Gasteiger partial charge is 0.255 e. The van der Waals surface area contributed by atoms with Crippen LogP contribution in [0.3, 0.4) is 0 Å². The molecule has 0 aliphatic carbocycles. The van der Waals surface area contributed by atoms with Gasteiger partial charge in [0.05, 0.1) is 61.2 Å². The lowest BCUT2D eigenvalue weighted by atomic mass is 9.84. The lowest BCUT2D eigenvalue weighted by molar-refractivity contribution is -0.133. The van der Waals surface area contributed by atoms with Crippen molar-refractivity contribution in [2.75, 3.05) is 38.8 Å². The van der Waals surface area contributed by atoms with Gasteiger partial charge in [0.1, 0.15) is 5.75 Å². The molecule has 2 aromatic heterocycles. The molecule has 34 heavy (non-hydrogen) atoms. The number of hydrogen-bond donors (Lipinski definition) is 3. The molecule has 0 spiro atoms. The summed E-state index contributed by atoms with van der Waals surface area (Å²) in [7, 11) is 1.41. The maximum atomic E-state index is 14.4. The number of anilines is 2. The van der Waals surface area contributed by atoms with E-state index in [2.05, 4.69) is 27.5 Å². The van der Waals surface area contributed by atoms with E-state index >= 15 is 0 Å². The molecule has 0 unspecified atom stereocenters. The van der Waals surface area contributed by atoms with E-state index in [1.54, 1.807) is 24.5 Å². The number of aromatic amines is 1. The molecule has 1 fully saturated rings. The topological polar surface area (TPSA) is 97.5 Å². The minimum absolute atomic E-state index is 0.00200. The predicted molar refractivity (Wildman–Crippen MR) is 125 cm³/mol. The Balaban J connectivity index is 1.58. The van der Waals surface area contributed by atoms with Gasteiger partial charge in [-0.3, -0.25) is 9.78 Å². The van der Waals surface area contributed by atoms with Gasteiger partial charge in [-0.2, -0.15) is 0 Å². The molecule has 8 nitrogen and oxygen atoms in total. The van der Waals surface area contributed by atoms with E-state index in [9.17, 15) is 9.18 Å². The first-order chi connectivity index (χ1) is 16.5. The molecule has 1 saturated heterocycles. The van der Waals surface area contributed by atoms with Crippen LogP contribution in [0.25, 0.3) is 11.3 Å². The Labute approximate surface area is 196 Å². The van der Waals surface area contributed by atoms with E-state index in [4.69, 9.17) is 14.2 Å². The largest absolute Gasteiger partial charge is 0.492 e. The standard InChI is InChI=1S/C25H27FN4O4/c1-3-25(12-33-13-25)14-34-19-11-27-9-7-15(19)21-22(20-17(29-21)8-10-28-24(20)31)30-18-6-4-5-16(26)23(18)32-2/h4-7,9,11,29-30H,3,8,10,12-14H2,1-2H3,(H,28,31). The number of pyridine rings is 1. The molecule has 2 aliphatic rings. The number of amides is 1. The number of fused-ring (bicyclic) bond motifs is 1. The van der Waals surface area contributed by atoms with Gasteiger partial charge in [-0.15, -0.1) is 0 Å². The van der Waals surface area contributed by atoms with Gasteiger partial charge in [-0.25, -0.2) is 4.39 Å². The van der Waals surface area contributed by atoms with Crippen molar-refractivity contribution in [3.63, 3.8) is 0 Å². The molecule has 1 aromatic carbocycles. The van der Waals surface area contributed by atoms with Crippen molar-refractivity contribution in [2.45, 2.75) is 19.8 Å². The van der Waals surface area contributed by atoms with E-state index in [1.807, 2.05) is 6.07 Å². The number of para-hydroxylation sites is 1. The third-order valence-electron chi connectivity index (χ3n) is 6.55. The monoisotopic (exact) mass is 466 g/mol. The predicted octanol–water partition coefficient (Wildman–Crippen LogP) is 4.06. The minimum Gasteiger partial charge on any atom is -0.492 e. The van der Waals surface area contributed by atoms with E-state index < -0.39 is 5.82 Å². The molecule has 4 heterocycles. The average molecular weight is 467 g/mol. The highest BCUT2D eigenvalue weighted by Gasteiger charge is 2.38. The molecule has 0 saturated carbocycles. The summed E-state index contributed by atoms with van der Waals surface area (Å²) in [6.07, 6.45) is 4.95. The number of carbonyl (C=O) groups excluding carboxylic acids is 1. The summed E-state index contributed by atoms with van der Waals surface area (Å²) in [4.78, 5) is 20.5. The van der Waals surface area contributed by atoms with E-state index in [1.165, 1.54) is 13.2 Å². The minimum atomic E-state index is -0.497. The van der Waals surface area contributed by atoms with Crippen LogP contribution in [0, 0.1) is 11.2 Å². The molecular formula is C25H27FN4O4. The third-order valence-corrected chi connectivity index (χ3v) is 6.55. The van der Waals surface area contributed by atoms with Gasteiger partial charge in [0.15, 0.2) is 11.6 Å². The zero-order chi connectivity index (χ0) is 23.7.